The number of amides is 1. The van der Waals surface area contributed by atoms with Crippen LogP contribution >= 0.6 is 0 Å². The van der Waals surface area contributed by atoms with Crippen LogP contribution in [0, 0.1) is 6.92 Å². The Morgan fingerprint density at radius 1 is 1.35 bits per heavy atom. The highest BCUT2D eigenvalue weighted by atomic mass is 16.5. The topological polar surface area (TPSA) is 55.4 Å². The fourth-order valence-corrected chi connectivity index (χ4v) is 1.47. The quantitative estimate of drug-likeness (QED) is 0.624. The third kappa shape index (κ3) is 3.31. The average molecular weight is 235 g/mol. The number of hydrogen-bond donors (Lipinski definition) is 1. The Bertz CT molecular complexity index is 427. The fourth-order valence-electron chi connectivity index (χ4n) is 1.47. The van der Waals surface area contributed by atoms with Gasteiger partial charge in [0.2, 0.25) is 5.78 Å². The SMILES string of the molecule is CCCNC(=O)C(=O)c1ccc(OC)c(C)c1. The first kappa shape index (κ1) is 13.2. The van der Waals surface area contributed by atoms with Gasteiger partial charge in [-0.25, -0.2) is 0 Å². The normalized spacial score (nSPS) is 9.82. The lowest BCUT2D eigenvalue weighted by Crippen LogP contribution is -2.31. The highest BCUT2D eigenvalue weighted by molar-refractivity contribution is 6.42. The molecule has 1 rings (SSSR count). The maximum Gasteiger partial charge on any atom is 0.292 e. The summed E-state index contributed by atoms with van der Waals surface area (Å²) >= 11 is 0. The van der Waals surface area contributed by atoms with Gasteiger partial charge in [0.25, 0.3) is 5.91 Å². The van der Waals surface area contributed by atoms with Crippen molar-refractivity contribution < 1.29 is 14.3 Å². The molecular formula is C13H17NO3. The minimum absolute atomic E-state index is 0.386. The van der Waals surface area contributed by atoms with Crippen molar-refractivity contribution in [3.8, 4) is 5.75 Å². The van der Waals surface area contributed by atoms with E-state index < -0.39 is 11.7 Å². The zero-order chi connectivity index (χ0) is 12.8. The Morgan fingerprint density at radius 3 is 2.59 bits per heavy atom. The van der Waals surface area contributed by atoms with Crippen LogP contribution < -0.4 is 10.1 Å². The molecule has 0 radical (unpaired) electrons. The summed E-state index contributed by atoms with van der Waals surface area (Å²) in [5, 5.41) is 2.56. The lowest BCUT2D eigenvalue weighted by molar-refractivity contribution is -0.116. The van der Waals surface area contributed by atoms with Crippen LogP contribution in [-0.2, 0) is 4.79 Å². The molecule has 0 aliphatic heterocycles. The van der Waals surface area contributed by atoms with Crippen LogP contribution in [0.5, 0.6) is 5.75 Å². The third-order valence-electron chi connectivity index (χ3n) is 2.40. The molecule has 0 heterocycles. The van der Waals surface area contributed by atoms with E-state index in [4.69, 9.17) is 4.74 Å². The van der Waals surface area contributed by atoms with E-state index in [9.17, 15) is 9.59 Å². The van der Waals surface area contributed by atoms with Gasteiger partial charge in [0, 0.05) is 12.1 Å². The lowest BCUT2D eigenvalue weighted by atomic mass is 10.1. The third-order valence-corrected chi connectivity index (χ3v) is 2.40. The molecule has 0 saturated heterocycles. The molecule has 92 valence electrons. The second kappa shape index (κ2) is 6.03. The molecule has 0 bridgehead atoms. The van der Waals surface area contributed by atoms with Crippen LogP contribution in [0.2, 0.25) is 0 Å². The molecule has 0 aromatic heterocycles. The van der Waals surface area contributed by atoms with Gasteiger partial charge in [-0.15, -0.1) is 0 Å². The first-order valence-corrected chi connectivity index (χ1v) is 5.57. The van der Waals surface area contributed by atoms with Gasteiger partial charge in [-0.3, -0.25) is 9.59 Å². The van der Waals surface area contributed by atoms with Crippen LogP contribution in [0.3, 0.4) is 0 Å². The summed E-state index contributed by atoms with van der Waals surface area (Å²) in [6.45, 7) is 4.28. The Labute approximate surface area is 101 Å². The van der Waals surface area contributed by atoms with E-state index >= 15 is 0 Å². The van der Waals surface area contributed by atoms with Gasteiger partial charge in [-0.05, 0) is 37.1 Å². The summed E-state index contributed by atoms with van der Waals surface area (Å²) in [6.07, 6.45) is 0.806. The number of carbonyl (C=O) groups is 2. The maximum absolute atomic E-state index is 11.7. The van der Waals surface area contributed by atoms with Gasteiger partial charge in [0.1, 0.15) is 5.75 Å². The maximum atomic E-state index is 11.7. The number of ketones is 1. The van der Waals surface area contributed by atoms with Gasteiger partial charge in [-0.2, -0.15) is 0 Å². The van der Waals surface area contributed by atoms with Crippen molar-refractivity contribution in [2.75, 3.05) is 13.7 Å². The average Bonchev–Trinajstić information content (AvgIpc) is 2.34. The number of hydrogen-bond acceptors (Lipinski definition) is 3. The Morgan fingerprint density at radius 2 is 2.06 bits per heavy atom. The highest BCUT2D eigenvalue weighted by Gasteiger charge is 2.16. The van der Waals surface area contributed by atoms with Crippen molar-refractivity contribution in [2.24, 2.45) is 0 Å². The zero-order valence-corrected chi connectivity index (χ0v) is 10.4. The number of benzene rings is 1. The van der Waals surface area contributed by atoms with E-state index in [0.29, 0.717) is 17.9 Å². The zero-order valence-electron chi connectivity index (χ0n) is 10.4. The molecule has 0 fully saturated rings. The van der Waals surface area contributed by atoms with Crippen LogP contribution in [0.1, 0.15) is 29.3 Å². The molecule has 1 amide bonds. The van der Waals surface area contributed by atoms with Crippen molar-refractivity contribution in [1.82, 2.24) is 5.32 Å². The van der Waals surface area contributed by atoms with E-state index in [-0.39, 0.29) is 0 Å². The molecule has 1 aromatic carbocycles. The number of Topliss-reactive ketones (excluding diaryl/α,β-unsaturated/α-hetero) is 1. The summed E-state index contributed by atoms with van der Waals surface area (Å²) in [4.78, 5) is 23.2. The van der Waals surface area contributed by atoms with Gasteiger partial charge in [0.05, 0.1) is 7.11 Å². The van der Waals surface area contributed by atoms with Crippen molar-refractivity contribution in [3.63, 3.8) is 0 Å². The summed E-state index contributed by atoms with van der Waals surface area (Å²) in [5.74, 6) is -0.365. The van der Waals surface area contributed by atoms with E-state index in [0.717, 1.165) is 12.0 Å². The summed E-state index contributed by atoms with van der Waals surface area (Å²) in [5.41, 5.74) is 1.22. The minimum Gasteiger partial charge on any atom is -0.496 e. The first-order chi connectivity index (χ1) is 8.10. The van der Waals surface area contributed by atoms with Gasteiger partial charge < -0.3 is 10.1 Å². The molecule has 0 aliphatic carbocycles. The number of methoxy groups -OCH3 is 1. The molecule has 0 saturated carbocycles. The fraction of sp³-hybridized carbons (Fsp3) is 0.385. The Kier molecular flexibility index (Phi) is 4.69. The number of nitrogens with one attached hydrogen (secondary N) is 1. The molecule has 0 spiro atoms. The predicted molar refractivity (Wildman–Crippen MR) is 65.4 cm³/mol. The van der Waals surface area contributed by atoms with Gasteiger partial charge in [-0.1, -0.05) is 6.92 Å². The number of rotatable bonds is 5. The molecule has 0 aliphatic rings. The molecule has 1 aromatic rings. The van der Waals surface area contributed by atoms with Crippen LogP contribution in [-0.4, -0.2) is 25.3 Å². The Hall–Kier alpha value is -1.84. The van der Waals surface area contributed by atoms with Crippen LogP contribution in [0.4, 0.5) is 0 Å². The predicted octanol–water partition coefficient (Wildman–Crippen LogP) is 1.71. The van der Waals surface area contributed by atoms with Crippen molar-refractivity contribution in [1.29, 1.82) is 0 Å². The lowest BCUT2D eigenvalue weighted by Gasteiger charge is -2.07. The summed E-state index contributed by atoms with van der Waals surface area (Å²) in [6, 6.07) is 4.95. The molecule has 1 N–H and O–H groups in total. The second-order valence-electron chi connectivity index (χ2n) is 3.77. The van der Waals surface area contributed by atoms with Crippen LogP contribution in [0.15, 0.2) is 18.2 Å². The molecule has 17 heavy (non-hydrogen) atoms. The van der Waals surface area contributed by atoms with Crippen molar-refractivity contribution in [2.45, 2.75) is 20.3 Å². The van der Waals surface area contributed by atoms with Gasteiger partial charge in [0.15, 0.2) is 0 Å². The van der Waals surface area contributed by atoms with E-state index in [1.54, 1.807) is 25.3 Å². The van der Waals surface area contributed by atoms with Gasteiger partial charge >= 0.3 is 0 Å². The Balaban J connectivity index is 2.82. The molecule has 0 atom stereocenters. The highest BCUT2D eigenvalue weighted by Crippen LogP contribution is 2.18. The molecule has 4 heteroatoms. The molecule has 0 unspecified atom stereocenters. The smallest absolute Gasteiger partial charge is 0.292 e. The number of ether oxygens (including phenoxy) is 1. The summed E-state index contributed by atoms with van der Waals surface area (Å²) < 4.78 is 5.09. The minimum atomic E-state index is -0.559. The van der Waals surface area contributed by atoms with E-state index in [1.807, 2.05) is 13.8 Å². The number of aryl methyl sites for hydroxylation is 1. The van der Waals surface area contributed by atoms with Crippen molar-refractivity contribution >= 4 is 11.7 Å². The summed E-state index contributed by atoms with van der Waals surface area (Å²) in [7, 11) is 1.57. The second-order valence-corrected chi connectivity index (χ2v) is 3.77. The monoisotopic (exact) mass is 235 g/mol. The molecule has 4 nitrogen and oxygen atoms in total. The van der Waals surface area contributed by atoms with E-state index in [1.165, 1.54) is 0 Å². The first-order valence-electron chi connectivity index (χ1n) is 5.57. The molecular weight excluding hydrogens is 218 g/mol. The van der Waals surface area contributed by atoms with E-state index in [2.05, 4.69) is 5.32 Å². The standard InChI is InChI=1S/C13H17NO3/c1-4-7-14-13(16)12(15)10-5-6-11(17-3)9(2)8-10/h5-6,8H,4,7H2,1-3H3,(H,14,16). The van der Waals surface area contributed by atoms with Crippen LogP contribution in [0.25, 0.3) is 0 Å². The van der Waals surface area contributed by atoms with Crippen molar-refractivity contribution in [3.05, 3.63) is 29.3 Å². The largest absolute Gasteiger partial charge is 0.496 e. The number of carbonyl (C=O) groups excluding carboxylic acids is 2.